The van der Waals surface area contributed by atoms with Crippen LogP contribution in [-0.2, 0) is 14.3 Å². The van der Waals surface area contributed by atoms with Crippen LogP contribution in [0, 0.1) is 17.6 Å². The van der Waals surface area contributed by atoms with Crippen LogP contribution in [0.5, 0.6) is 0 Å². The predicted octanol–water partition coefficient (Wildman–Crippen LogP) is 1.14. The first kappa shape index (κ1) is 18.5. The van der Waals surface area contributed by atoms with Crippen molar-refractivity contribution in [2.45, 2.75) is 26.3 Å². The molecule has 0 aliphatic rings. The van der Waals surface area contributed by atoms with Crippen molar-refractivity contribution >= 4 is 17.8 Å². The third-order valence-electron chi connectivity index (χ3n) is 3.15. The van der Waals surface area contributed by atoms with Crippen LogP contribution in [0.4, 0.5) is 8.78 Å². The van der Waals surface area contributed by atoms with Crippen LogP contribution in [0.25, 0.3) is 0 Å². The smallest absolute Gasteiger partial charge is 0.306 e. The number of nitrogens with two attached hydrogens (primary N) is 1. The van der Waals surface area contributed by atoms with Crippen LogP contribution >= 0.6 is 0 Å². The van der Waals surface area contributed by atoms with Crippen LogP contribution < -0.4 is 11.1 Å². The summed E-state index contributed by atoms with van der Waals surface area (Å²) in [5.41, 5.74) is 4.65. The first-order valence-corrected chi connectivity index (χ1v) is 6.97. The van der Waals surface area contributed by atoms with E-state index in [9.17, 15) is 23.2 Å². The van der Waals surface area contributed by atoms with E-state index in [1.54, 1.807) is 6.92 Å². The number of hydrogen-bond acceptors (Lipinski definition) is 4. The van der Waals surface area contributed by atoms with Crippen LogP contribution in [0.3, 0.4) is 0 Å². The number of hydrogen-bond donors (Lipinski definition) is 2. The second kappa shape index (κ2) is 8.21. The van der Waals surface area contributed by atoms with Crippen molar-refractivity contribution in [3.05, 3.63) is 35.4 Å². The van der Waals surface area contributed by atoms with E-state index < -0.39 is 46.9 Å². The van der Waals surface area contributed by atoms with Crippen molar-refractivity contribution < 1.29 is 27.9 Å². The molecule has 0 aliphatic heterocycles. The molecule has 0 spiro atoms. The third-order valence-corrected chi connectivity index (χ3v) is 3.15. The third kappa shape index (κ3) is 5.01. The molecule has 0 radical (unpaired) electrons. The quantitative estimate of drug-likeness (QED) is 0.733. The van der Waals surface area contributed by atoms with Crippen LogP contribution in [0.1, 0.15) is 30.6 Å². The van der Waals surface area contributed by atoms with Crippen molar-refractivity contribution in [3.63, 3.8) is 0 Å². The Morgan fingerprint density at radius 2 is 1.96 bits per heavy atom. The van der Waals surface area contributed by atoms with Crippen LogP contribution in [0.2, 0.25) is 0 Å². The summed E-state index contributed by atoms with van der Waals surface area (Å²) in [6.45, 7) is 3.31. The molecular formula is C15H18F2N2O4. The highest BCUT2D eigenvalue weighted by Gasteiger charge is 2.28. The monoisotopic (exact) mass is 328 g/mol. The van der Waals surface area contributed by atoms with Crippen LogP contribution in [0.15, 0.2) is 18.2 Å². The highest BCUT2D eigenvalue weighted by Crippen LogP contribution is 2.14. The van der Waals surface area contributed by atoms with Crippen molar-refractivity contribution in [2.24, 2.45) is 11.7 Å². The zero-order chi connectivity index (χ0) is 17.6. The van der Waals surface area contributed by atoms with Gasteiger partial charge in [-0.3, -0.25) is 14.4 Å². The molecule has 0 bridgehead atoms. The second-order valence-electron chi connectivity index (χ2n) is 4.94. The van der Waals surface area contributed by atoms with Gasteiger partial charge in [-0.1, -0.05) is 13.0 Å². The molecule has 1 aromatic rings. The van der Waals surface area contributed by atoms with Gasteiger partial charge in [0.1, 0.15) is 6.04 Å². The van der Waals surface area contributed by atoms with Gasteiger partial charge in [0.25, 0.3) is 5.91 Å². The molecular weight excluding hydrogens is 310 g/mol. The topological polar surface area (TPSA) is 98.5 Å². The van der Waals surface area contributed by atoms with Crippen LogP contribution in [-0.4, -0.2) is 30.4 Å². The zero-order valence-electron chi connectivity index (χ0n) is 12.8. The summed E-state index contributed by atoms with van der Waals surface area (Å²) in [5, 5.41) is 2.22. The lowest BCUT2D eigenvalue weighted by Crippen LogP contribution is -2.49. The Morgan fingerprint density at radius 3 is 2.52 bits per heavy atom. The fourth-order valence-corrected chi connectivity index (χ4v) is 1.99. The Kier molecular flexibility index (Phi) is 6.62. The minimum Gasteiger partial charge on any atom is -0.466 e. The Bertz CT molecular complexity index is 607. The summed E-state index contributed by atoms with van der Waals surface area (Å²) >= 11 is 0. The largest absolute Gasteiger partial charge is 0.466 e. The van der Waals surface area contributed by atoms with E-state index in [0.717, 1.165) is 18.2 Å². The number of esters is 1. The number of nitrogens with one attached hydrogen (secondary N) is 1. The lowest BCUT2D eigenvalue weighted by Gasteiger charge is -2.21. The number of carbonyl (C=O) groups excluding carboxylic acids is 3. The summed E-state index contributed by atoms with van der Waals surface area (Å²) in [7, 11) is 0. The summed E-state index contributed by atoms with van der Waals surface area (Å²) in [5.74, 6) is -5.64. The highest BCUT2D eigenvalue weighted by atomic mass is 19.2. The predicted molar refractivity (Wildman–Crippen MR) is 77.2 cm³/mol. The average Bonchev–Trinajstić information content (AvgIpc) is 2.47. The molecule has 6 nitrogen and oxygen atoms in total. The van der Waals surface area contributed by atoms with Gasteiger partial charge in [0.05, 0.1) is 18.6 Å². The standard InChI is InChI=1S/C15H18F2N2O4/c1-3-23-11(20)7-8(2)13(14(18)21)19-15(22)9-5-4-6-10(16)12(9)17/h4-6,8,13H,3,7H2,1-2H3,(H2,18,21)(H,19,22)/t8-,13-/m1/s1. The van der Waals surface area contributed by atoms with Gasteiger partial charge in [-0.2, -0.15) is 0 Å². The Labute approximate surface area is 132 Å². The minimum atomic E-state index is -1.33. The molecule has 0 aliphatic carbocycles. The number of ether oxygens (including phenoxy) is 1. The number of primary amides is 1. The number of amides is 2. The fourth-order valence-electron chi connectivity index (χ4n) is 1.99. The van der Waals surface area contributed by atoms with Crippen molar-refractivity contribution in [2.75, 3.05) is 6.61 Å². The SMILES string of the molecule is CCOC(=O)C[C@@H](C)[C@@H](NC(=O)c1cccc(F)c1F)C(N)=O. The second-order valence-corrected chi connectivity index (χ2v) is 4.94. The first-order valence-electron chi connectivity index (χ1n) is 6.97. The molecule has 23 heavy (non-hydrogen) atoms. The van der Waals surface area contributed by atoms with E-state index in [4.69, 9.17) is 10.5 Å². The molecule has 1 rings (SSSR count). The summed E-state index contributed by atoms with van der Waals surface area (Å²) in [6, 6.07) is 1.87. The van der Waals surface area contributed by atoms with E-state index in [-0.39, 0.29) is 13.0 Å². The molecule has 0 saturated heterocycles. The average molecular weight is 328 g/mol. The van der Waals surface area contributed by atoms with Gasteiger partial charge >= 0.3 is 5.97 Å². The Morgan fingerprint density at radius 1 is 1.30 bits per heavy atom. The molecule has 0 heterocycles. The zero-order valence-corrected chi connectivity index (χ0v) is 12.8. The van der Waals surface area contributed by atoms with Gasteiger partial charge < -0.3 is 15.8 Å². The van der Waals surface area contributed by atoms with E-state index in [0.29, 0.717) is 0 Å². The van der Waals surface area contributed by atoms with Crippen molar-refractivity contribution in [3.8, 4) is 0 Å². The molecule has 2 atom stereocenters. The maximum Gasteiger partial charge on any atom is 0.306 e. The molecule has 126 valence electrons. The Balaban J connectivity index is 2.87. The number of benzene rings is 1. The maximum absolute atomic E-state index is 13.6. The van der Waals surface area contributed by atoms with Gasteiger partial charge in [0.2, 0.25) is 5.91 Å². The van der Waals surface area contributed by atoms with E-state index >= 15 is 0 Å². The molecule has 1 aromatic carbocycles. The lowest BCUT2D eigenvalue weighted by atomic mass is 9.97. The normalized spacial score (nSPS) is 13.0. The lowest BCUT2D eigenvalue weighted by molar-refractivity contribution is -0.144. The summed E-state index contributed by atoms with van der Waals surface area (Å²) < 4.78 is 31.5. The molecule has 0 saturated carbocycles. The van der Waals surface area contributed by atoms with Gasteiger partial charge in [-0.15, -0.1) is 0 Å². The highest BCUT2D eigenvalue weighted by molar-refractivity contribution is 5.97. The Hall–Kier alpha value is -2.51. The van der Waals surface area contributed by atoms with Crippen molar-refractivity contribution in [1.82, 2.24) is 5.32 Å². The molecule has 0 aromatic heterocycles. The van der Waals surface area contributed by atoms with Gasteiger partial charge in [-0.25, -0.2) is 8.78 Å². The van der Waals surface area contributed by atoms with Gasteiger partial charge in [0.15, 0.2) is 11.6 Å². The summed E-state index contributed by atoms with van der Waals surface area (Å²) in [4.78, 5) is 34.9. The van der Waals surface area contributed by atoms with Gasteiger partial charge in [0, 0.05) is 0 Å². The number of rotatable bonds is 7. The van der Waals surface area contributed by atoms with E-state index in [2.05, 4.69) is 5.32 Å². The maximum atomic E-state index is 13.6. The minimum absolute atomic E-state index is 0.159. The molecule has 0 fully saturated rings. The molecule has 8 heteroatoms. The van der Waals surface area contributed by atoms with Crippen molar-refractivity contribution in [1.29, 1.82) is 0 Å². The first-order chi connectivity index (χ1) is 10.8. The van der Waals surface area contributed by atoms with E-state index in [1.807, 2.05) is 0 Å². The molecule has 2 amide bonds. The molecule has 0 unspecified atom stereocenters. The number of halogens is 2. The molecule has 3 N–H and O–H groups in total. The summed E-state index contributed by atoms with van der Waals surface area (Å²) in [6.07, 6.45) is -0.159. The number of carbonyl (C=O) groups is 3. The fraction of sp³-hybridized carbons (Fsp3) is 0.400. The van der Waals surface area contributed by atoms with Gasteiger partial charge in [-0.05, 0) is 25.0 Å². The van der Waals surface area contributed by atoms with E-state index in [1.165, 1.54) is 6.92 Å².